The molecule has 2 aromatic heterocycles. The van der Waals surface area contributed by atoms with Gasteiger partial charge >= 0.3 is 0 Å². The molecule has 0 bridgehead atoms. The second-order valence-electron chi connectivity index (χ2n) is 6.17. The van der Waals surface area contributed by atoms with Crippen LogP contribution in [-0.4, -0.2) is 57.7 Å². The van der Waals surface area contributed by atoms with Gasteiger partial charge in [0, 0.05) is 38.7 Å². The van der Waals surface area contributed by atoms with E-state index >= 15 is 0 Å². The first-order valence-corrected chi connectivity index (χ1v) is 8.35. The number of aromatic amines is 1. The third-order valence-corrected chi connectivity index (χ3v) is 4.68. The van der Waals surface area contributed by atoms with Crippen molar-refractivity contribution in [1.29, 1.82) is 0 Å². The van der Waals surface area contributed by atoms with Crippen molar-refractivity contribution in [3.63, 3.8) is 0 Å². The van der Waals surface area contributed by atoms with Gasteiger partial charge in [0.2, 0.25) is 0 Å². The van der Waals surface area contributed by atoms with E-state index < -0.39 is 0 Å². The summed E-state index contributed by atoms with van der Waals surface area (Å²) in [6, 6.07) is 0.0869. The monoisotopic (exact) mass is 331 g/mol. The van der Waals surface area contributed by atoms with Crippen molar-refractivity contribution in [3.8, 4) is 0 Å². The Balaban J connectivity index is 1.73. The molecule has 3 heterocycles. The van der Waals surface area contributed by atoms with Crippen LogP contribution in [0, 0.1) is 6.92 Å². The molecule has 0 unspecified atom stereocenters. The number of nitrogens with zero attached hydrogens (tertiary/aromatic N) is 3. The lowest BCUT2D eigenvalue weighted by atomic mass is 10.0. The summed E-state index contributed by atoms with van der Waals surface area (Å²) >= 11 is 0. The minimum Gasteiger partial charge on any atom is -0.373 e. The highest BCUT2D eigenvalue weighted by molar-refractivity contribution is 5.95. The Morgan fingerprint density at radius 1 is 1.50 bits per heavy atom. The van der Waals surface area contributed by atoms with E-state index in [0.29, 0.717) is 18.7 Å². The number of rotatable bonds is 5. The van der Waals surface area contributed by atoms with Gasteiger partial charge in [-0.15, -0.1) is 0 Å². The molecule has 1 aliphatic rings. The van der Waals surface area contributed by atoms with E-state index in [4.69, 9.17) is 4.74 Å². The quantitative estimate of drug-likeness (QED) is 0.865. The van der Waals surface area contributed by atoms with Crippen LogP contribution < -0.4 is 5.32 Å². The van der Waals surface area contributed by atoms with Crippen LogP contribution in [0.5, 0.6) is 0 Å². The van der Waals surface area contributed by atoms with E-state index in [-0.39, 0.29) is 18.1 Å². The third-order valence-electron chi connectivity index (χ3n) is 4.68. The van der Waals surface area contributed by atoms with Crippen LogP contribution in [0.25, 0.3) is 0 Å². The number of imidazole rings is 1. The third kappa shape index (κ3) is 3.22. The van der Waals surface area contributed by atoms with Gasteiger partial charge in [-0.3, -0.25) is 9.69 Å². The minimum atomic E-state index is -0.0997. The summed E-state index contributed by atoms with van der Waals surface area (Å²) in [4.78, 5) is 21.9. The fourth-order valence-corrected chi connectivity index (χ4v) is 3.32. The second-order valence-corrected chi connectivity index (χ2v) is 6.17. The van der Waals surface area contributed by atoms with Crippen molar-refractivity contribution in [2.45, 2.75) is 26.0 Å². The molecule has 0 spiro atoms. The normalized spacial score (nSPS) is 21.8. The lowest BCUT2D eigenvalue weighted by Crippen LogP contribution is -2.50. The van der Waals surface area contributed by atoms with Crippen molar-refractivity contribution in [3.05, 3.63) is 41.7 Å². The van der Waals surface area contributed by atoms with Crippen LogP contribution >= 0.6 is 0 Å². The van der Waals surface area contributed by atoms with Crippen LogP contribution in [-0.2, 0) is 11.8 Å². The molecule has 7 heteroatoms. The summed E-state index contributed by atoms with van der Waals surface area (Å²) in [5, 5.41) is 3.01. The zero-order valence-electron chi connectivity index (χ0n) is 14.5. The molecule has 0 aliphatic carbocycles. The van der Waals surface area contributed by atoms with Gasteiger partial charge in [-0.25, -0.2) is 4.98 Å². The SMILES string of the molecule is CCN1CCO[C@@H](CNC(=O)c2c[nH]cc2C)[C@@H]1c1cncn1C. The van der Waals surface area contributed by atoms with E-state index in [1.165, 1.54) is 0 Å². The number of nitrogens with one attached hydrogen (secondary N) is 2. The average molecular weight is 331 g/mol. The highest BCUT2D eigenvalue weighted by Gasteiger charge is 2.34. The predicted octanol–water partition coefficient (Wildman–Crippen LogP) is 1.25. The van der Waals surface area contributed by atoms with Gasteiger partial charge in [0.15, 0.2) is 0 Å². The first-order valence-electron chi connectivity index (χ1n) is 8.35. The van der Waals surface area contributed by atoms with Crippen LogP contribution in [0.3, 0.4) is 0 Å². The van der Waals surface area contributed by atoms with Crippen molar-refractivity contribution >= 4 is 5.91 Å². The Hall–Kier alpha value is -2.12. The van der Waals surface area contributed by atoms with Crippen LogP contribution in [0.1, 0.15) is 34.6 Å². The lowest BCUT2D eigenvalue weighted by Gasteiger charge is -2.40. The fourth-order valence-electron chi connectivity index (χ4n) is 3.32. The standard InChI is InChI=1S/C17H25N5O2/c1-4-22-5-6-24-15(16(22)14-9-19-11-21(14)3)10-20-17(23)13-8-18-7-12(13)2/h7-9,11,15-16,18H,4-6,10H2,1-3H3,(H,20,23)/t15-,16-/m0/s1. The Kier molecular flexibility index (Phi) is 5.01. The summed E-state index contributed by atoms with van der Waals surface area (Å²) in [5.74, 6) is -0.0743. The molecule has 1 saturated heterocycles. The minimum absolute atomic E-state index is 0.0743. The molecule has 2 atom stereocenters. The number of likely N-dealkylation sites (N-methyl/N-ethyl adjacent to an activating group) is 1. The number of ether oxygens (including phenoxy) is 1. The molecule has 1 amide bonds. The maximum absolute atomic E-state index is 12.4. The van der Waals surface area contributed by atoms with Crippen molar-refractivity contribution in [2.24, 2.45) is 7.05 Å². The van der Waals surface area contributed by atoms with Gasteiger partial charge in [-0.2, -0.15) is 0 Å². The number of morpholine rings is 1. The van der Waals surface area contributed by atoms with Crippen LogP contribution in [0.2, 0.25) is 0 Å². The smallest absolute Gasteiger partial charge is 0.253 e. The molecule has 1 aliphatic heterocycles. The zero-order chi connectivity index (χ0) is 17.1. The Morgan fingerprint density at radius 2 is 2.33 bits per heavy atom. The van der Waals surface area contributed by atoms with Crippen LogP contribution in [0.4, 0.5) is 0 Å². The summed E-state index contributed by atoms with van der Waals surface area (Å²) in [6.45, 7) is 7.02. The van der Waals surface area contributed by atoms with E-state index in [1.807, 2.05) is 30.9 Å². The highest BCUT2D eigenvalue weighted by Crippen LogP contribution is 2.28. The fraction of sp³-hybridized carbons (Fsp3) is 0.529. The van der Waals surface area contributed by atoms with Crippen molar-refractivity contribution in [2.75, 3.05) is 26.2 Å². The van der Waals surface area contributed by atoms with E-state index in [2.05, 4.69) is 27.1 Å². The van der Waals surface area contributed by atoms with E-state index in [1.54, 1.807) is 12.5 Å². The number of carbonyl (C=O) groups excluding carboxylic acids is 1. The molecule has 0 saturated carbocycles. The molecular formula is C17H25N5O2. The molecule has 0 radical (unpaired) electrons. The van der Waals surface area contributed by atoms with Gasteiger partial charge < -0.3 is 19.6 Å². The van der Waals surface area contributed by atoms with Gasteiger partial charge in [-0.05, 0) is 19.0 Å². The summed E-state index contributed by atoms with van der Waals surface area (Å²) in [5.41, 5.74) is 2.72. The molecule has 0 aromatic carbocycles. The highest BCUT2D eigenvalue weighted by atomic mass is 16.5. The maximum Gasteiger partial charge on any atom is 0.253 e. The number of aromatic nitrogens is 3. The first-order chi connectivity index (χ1) is 11.6. The molecule has 2 N–H and O–H groups in total. The molecule has 3 rings (SSSR count). The molecule has 130 valence electrons. The number of H-pyrrole nitrogens is 1. The number of aryl methyl sites for hydroxylation is 2. The number of hydrogen-bond acceptors (Lipinski definition) is 4. The Labute approximate surface area is 142 Å². The van der Waals surface area contributed by atoms with Crippen molar-refractivity contribution < 1.29 is 9.53 Å². The summed E-state index contributed by atoms with van der Waals surface area (Å²) in [7, 11) is 1.99. The van der Waals surface area contributed by atoms with Gasteiger partial charge in [0.25, 0.3) is 5.91 Å². The number of amides is 1. The Morgan fingerprint density at radius 3 is 2.96 bits per heavy atom. The molecule has 7 nitrogen and oxygen atoms in total. The molecule has 24 heavy (non-hydrogen) atoms. The predicted molar refractivity (Wildman–Crippen MR) is 90.8 cm³/mol. The first kappa shape index (κ1) is 16.7. The zero-order valence-corrected chi connectivity index (χ0v) is 14.5. The lowest BCUT2D eigenvalue weighted by molar-refractivity contribution is -0.0706. The molecule has 2 aromatic rings. The van der Waals surface area contributed by atoms with Gasteiger partial charge in [0.1, 0.15) is 0 Å². The van der Waals surface area contributed by atoms with Gasteiger partial charge in [-0.1, -0.05) is 6.92 Å². The maximum atomic E-state index is 12.4. The molecular weight excluding hydrogens is 306 g/mol. The van der Waals surface area contributed by atoms with Gasteiger partial charge in [0.05, 0.1) is 36.3 Å². The van der Waals surface area contributed by atoms with E-state index in [0.717, 1.165) is 24.3 Å². The topological polar surface area (TPSA) is 75.2 Å². The average Bonchev–Trinajstić information content (AvgIpc) is 3.20. The van der Waals surface area contributed by atoms with Crippen LogP contribution in [0.15, 0.2) is 24.9 Å². The summed E-state index contributed by atoms with van der Waals surface area (Å²) in [6.07, 6.45) is 7.13. The summed E-state index contributed by atoms with van der Waals surface area (Å²) < 4.78 is 8.02. The largest absolute Gasteiger partial charge is 0.373 e. The number of carbonyl (C=O) groups is 1. The Bertz CT molecular complexity index is 693. The van der Waals surface area contributed by atoms with Crippen molar-refractivity contribution in [1.82, 2.24) is 24.8 Å². The van der Waals surface area contributed by atoms with E-state index in [9.17, 15) is 4.79 Å². The second kappa shape index (κ2) is 7.19. The number of hydrogen-bond donors (Lipinski definition) is 2. The molecule has 1 fully saturated rings.